The van der Waals surface area contributed by atoms with Crippen molar-refractivity contribution in [2.75, 3.05) is 17.2 Å². The van der Waals surface area contributed by atoms with E-state index in [0.29, 0.717) is 6.04 Å². The van der Waals surface area contributed by atoms with E-state index in [1.807, 2.05) is 18.3 Å². The van der Waals surface area contributed by atoms with Gasteiger partial charge in [-0.3, -0.25) is 4.98 Å². The van der Waals surface area contributed by atoms with Gasteiger partial charge in [0.25, 0.3) is 0 Å². The largest absolute Gasteiger partial charge is 0.380 e. The molecule has 3 aromatic rings. The number of pyridine rings is 1. The molecule has 0 radical (unpaired) electrons. The van der Waals surface area contributed by atoms with Gasteiger partial charge in [-0.15, -0.1) is 11.3 Å². The van der Waals surface area contributed by atoms with E-state index in [2.05, 4.69) is 45.3 Å². The number of anilines is 2. The summed E-state index contributed by atoms with van der Waals surface area (Å²) in [5.41, 5.74) is 3.28. The molecule has 2 N–H and O–H groups in total. The Kier molecular flexibility index (Phi) is 2.42. The molecule has 3 nitrogen and oxygen atoms in total. The molecule has 0 fully saturated rings. The second-order valence-corrected chi connectivity index (χ2v) is 5.64. The summed E-state index contributed by atoms with van der Waals surface area (Å²) in [4.78, 5) is 5.84. The summed E-state index contributed by atoms with van der Waals surface area (Å²) in [5.74, 6) is 0. The fraction of sp³-hybridized carbons (Fsp3) is 0.133. The lowest BCUT2D eigenvalue weighted by molar-refractivity contribution is 0.821. The average Bonchev–Trinajstić information content (AvgIpc) is 3.01. The molecule has 0 amide bonds. The van der Waals surface area contributed by atoms with E-state index in [1.165, 1.54) is 10.3 Å². The summed E-state index contributed by atoms with van der Waals surface area (Å²) >= 11 is 1.79. The molecule has 2 aromatic heterocycles. The molecule has 0 bridgehead atoms. The zero-order valence-electron chi connectivity index (χ0n) is 10.3. The van der Waals surface area contributed by atoms with Gasteiger partial charge in [0.05, 0.1) is 29.1 Å². The predicted molar refractivity (Wildman–Crippen MR) is 80.9 cm³/mol. The number of rotatable bonds is 1. The Hall–Kier alpha value is -2.07. The monoisotopic (exact) mass is 267 g/mol. The van der Waals surface area contributed by atoms with Gasteiger partial charge < -0.3 is 10.6 Å². The van der Waals surface area contributed by atoms with Crippen LogP contribution in [0.3, 0.4) is 0 Å². The third-order valence-electron chi connectivity index (χ3n) is 3.48. The highest BCUT2D eigenvalue weighted by atomic mass is 32.1. The minimum absolute atomic E-state index is 0.332. The molecular formula is C15H13N3S. The minimum atomic E-state index is 0.332. The molecule has 0 aliphatic carbocycles. The van der Waals surface area contributed by atoms with Crippen LogP contribution in [0.1, 0.15) is 10.9 Å². The lowest BCUT2D eigenvalue weighted by Crippen LogP contribution is -2.25. The Balaban J connectivity index is 1.82. The van der Waals surface area contributed by atoms with Gasteiger partial charge in [0, 0.05) is 16.8 Å². The first kappa shape index (κ1) is 10.8. The van der Waals surface area contributed by atoms with E-state index < -0.39 is 0 Å². The van der Waals surface area contributed by atoms with Crippen molar-refractivity contribution >= 4 is 33.6 Å². The number of nitrogens with zero attached hydrogens (tertiary/aromatic N) is 1. The maximum Gasteiger partial charge on any atom is 0.0779 e. The van der Waals surface area contributed by atoms with Crippen molar-refractivity contribution in [3.8, 4) is 0 Å². The molecular weight excluding hydrogens is 254 g/mol. The predicted octanol–water partition coefficient (Wildman–Crippen LogP) is 3.88. The van der Waals surface area contributed by atoms with Crippen LogP contribution in [-0.2, 0) is 0 Å². The molecule has 1 unspecified atom stereocenters. The van der Waals surface area contributed by atoms with E-state index in [9.17, 15) is 0 Å². The van der Waals surface area contributed by atoms with Gasteiger partial charge in [-0.2, -0.15) is 0 Å². The number of para-hydroxylation sites is 1. The fourth-order valence-electron chi connectivity index (χ4n) is 2.53. The van der Waals surface area contributed by atoms with E-state index >= 15 is 0 Å². The van der Waals surface area contributed by atoms with Gasteiger partial charge in [-0.25, -0.2) is 0 Å². The summed E-state index contributed by atoms with van der Waals surface area (Å²) in [6, 6.07) is 12.9. The molecule has 0 spiro atoms. The maximum absolute atomic E-state index is 4.48. The lowest BCUT2D eigenvalue weighted by atomic mass is 10.1. The van der Waals surface area contributed by atoms with Gasteiger partial charge in [-0.1, -0.05) is 24.3 Å². The molecule has 1 aliphatic heterocycles. The first-order chi connectivity index (χ1) is 9.42. The zero-order valence-corrected chi connectivity index (χ0v) is 11.1. The summed E-state index contributed by atoms with van der Waals surface area (Å²) < 4.78 is 0. The zero-order chi connectivity index (χ0) is 12.7. The van der Waals surface area contributed by atoms with Gasteiger partial charge in [0.2, 0.25) is 0 Å². The first-order valence-electron chi connectivity index (χ1n) is 6.33. The van der Waals surface area contributed by atoms with E-state index in [-0.39, 0.29) is 0 Å². The average molecular weight is 267 g/mol. The minimum Gasteiger partial charge on any atom is -0.380 e. The van der Waals surface area contributed by atoms with Crippen molar-refractivity contribution in [2.24, 2.45) is 0 Å². The Morgan fingerprint density at radius 3 is 3.00 bits per heavy atom. The molecule has 0 saturated heterocycles. The molecule has 0 saturated carbocycles. The third-order valence-corrected chi connectivity index (χ3v) is 4.46. The molecule has 3 heterocycles. The second kappa shape index (κ2) is 4.24. The van der Waals surface area contributed by atoms with Gasteiger partial charge in [0.1, 0.15) is 0 Å². The summed E-state index contributed by atoms with van der Waals surface area (Å²) in [7, 11) is 0. The number of nitrogens with one attached hydrogen (secondary N) is 2. The molecule has 1 aliphatic rings. The highest BCUT2D eigenvalue weighted by Gasteiger charge is 2.21. The molecule has 4 rings (SSSR count). The van der Waals surface area contributed by atoms with E-state index in [0.717, 1.165) is 23.4 Å². The summed E-state index contributed by atoms with van der Waals surface area (Å²) in [6.45, 7) is 0.896. The van der Waals surface area contributed by atoms with E-state index in [4.69, 9.17) is 0 Å². The summed E-state index contributed by atoms with van der Waals surface area (Å²) in [6.07, 6.45) is 1.91. The topological polar surface area (TPSA) is 37.0 Å². The molecule has 94 valence electrons. The normalized spacial score (nSPS) is 17.6. The Morgan fingerprint density at radius 2 is 2.11 bits per heavy atom. The molecule has 19 heavy (non-hydrogen) atoms. The van der Waals surface area contributed by atoms with Crippen molar-refractivity contribution in [1.82, 2.24) is 4.98 Å². The maximum atomic E-state index is 4.48. The van der Waals surface area contributed by atoms with Gasteiger partial charge in [-0.05, 0) is 17.5 Å². The lowest BCUT2D eigenvalue weighted by Gasteiger charge is -2.28. The van der Waals surface area contributed by atoms with Crippen LogP contribution in [0.2, 0.25) is 0 Å². The highest BCUT2D eigenvalue weighted by molar-refractivity contribution is 7.10. The summed E-state index contributed by atoms with van der Waals surface area (Å²) in [5, 5.41) is 10.4. The smallest absolute Gasteiger partial charge is 0.0779 e. The SMILES string of the molecule is c1csc(C2CNc3cnc4ccccc4c3N2)c1. The first-order valence-corrected chi connectivity index (χ1v) is 7.21. The van der Waals surface area contributed by atoms with Gasteiger partial charge >= 0.3 is 0 Å². The molecule has 1 atom stereocenters. The van der Waals surface area contributed by atoms with Crippen molar-refractivity contribution < 1.29 is 0 Å². The van der Waals surface area contributed by atoms with Crippen LogP contribution in [0.25, 0.3) is 10.9 Å². The Labute approximate surface area is 115 Å². The van der Waals surface area contributed by atoms with Crippen molar-refractivity contribution in [2.45, 2.75) is 6.04 Å². The number of benzene rings is 1. The fourth-order valence-corrected chi connectivity index (χ4v) is 3.31. The number of aromatic nitrogens is 1. The Bertz CT molecular complexity index is 721. The molecule has 1 aromatic carbocycles. The van der Waals surface area contributed by atoms with Crippen LogP contribution in [0.5, 0.6) is 0 Å². The van der Waals surface area contributed by atoms with Crippen molar-refractivity contribution in [3.63, 3.8) is 0 Å². The van der Waals surface area contributed by atoms with Crippen LogP contribution >= 0.6 is 11.3 Å². The molecule has 4 heteroatoms. The van der Waals surface area contributed by atoms with Crippen molar-refractivity contribution in [1.29, 1.82) is 0 Å². The van der Waals surface area contributed by atoms with Gasteiger partial charge in [0.15, 0.2) is 0 Å². The second-order valence-electron chi connectivity index (χ2n) is 4.66. The number of hydrogen-bond acceptors (Lipinski definition) is 4. The number of fused-ring (bicyclic) bond motifs is 3. The third kappa shape index (κ3) is 1.76. The van der Waals surface area contributed by atoms with Crippen LogP contribution < -0.4 is 10.6 Å². The van der Waals surface area contributed by atoms with Crippen LogP contribution in [0.15, 0.2) is 48.0 Å². The highest BCUT2D eigenvalue weighted by Crippen LogP contribution is 2.37. The number of hydrogen-bond donors (Lipinski definition) is 2. The van der Waals surface area contributed by atoms with Crippen LogP contribution in [0, 0.1) is 0 Å². The quantitative estimate of drug-likeness (QED) is 0.702. The van der Waals surface area contributed by atoms with Crippen molar-refractivity contribution in [3.05, 3.63) is 52.9 Å². The van der Waals surface area contributed by atoms with Crippen LogP contribution in [-0.4, -0.2) is 11.5 Å². The van der Waals surface area contributed by atoms with Crippen LogP contribution in [0.4, 0.5) is 11.4 Å². The van der Waals surface area contributed by atoms with E-state index in [1.54, 1.807) is 11.3 Å². The number of thiophene rings is 1. The Morgan fingerprint density at radius 1 is 1.16 bits per heavy atom. The standard InChI is InChI=1S/C15H13N3S/c1-2-5-11-10(4-1)15-13(9-16-11)17-8-12(18-15)14-6-3-7-19-14/h1-7,9,12,17-18H,8H2.